The van der Waals surface area contributed by atoms with Gasteiger partial charge in [-0.1, -0.05) is 12.1 Å². The van der Waals surface area contributed by atoms with Crippen LogP contribution in [0.4, 0.5) is 11.8 Å². The van der Waals surface area contributed by atoms with Gasteiger partial charge in [-0.25, -0.2) is 0 Å². The number of methoxy groups -OCH3 is 1. The number of piperidine rings is 1. The molecule has 1 aliphatic rings. The monoisotopic (exact) mass is 313 g/mol. The van der Waals surface area contributed by atoms with Crippen LogP contribution in [-0.4, -0.2) is 41.9 Å². The molecule has 1 aromatic heterocycles. The number of hydrogen-bond acceptors (Lipinski definition) is 6. The van der Waals surface area contributed by atoms with Gasteiger partial charge in [-0.15, -0.1) is 5.10 Å². The molecule has 0 bridgehead atoms. The Morgan fingerprint density at radius 1 is 1.13 bits per heavy atom. The van der Waals surface area contributed by atoms with E-state index in [1.54, 1.807) is 13.3 Å². The lowest BCUT2D eigenvalue weighted by molar-refractivity contribution is 0.414. The first-order valence-electron chi connectivity index (χ1n) is 8.16. The summed E-state index contributed by atoms with van der Waals surface area (Å²) in [5, 5.41) is 11.6. The molecule has 0 unspecified atom stereocenters. The van der Waals surface area contributed by atoms with Crippen LogP contribution in [0.15, 0.2) is 30.5 Å². The highest BCUT2D eigenvalue weighted by Gasteiger charge is 2.14. The van der Waals surface area contributed by atoms with E-state index in [4.69, 9.17) is 4.74 Å². The lowest BCUT2D eigenvalue weighted by Crippen LogP contribution is -2.31. The van der Waals surface area contributed by atoms with Crippen molar-refractivity contribution in [3.05, 3.63) is 36.0 Å². The van der Waals surface area contributed by atoms with Gasteiger partial charge in [0.1, 0.15) is 5.75 Å². The third-order valence-corrected chi connectivity index (χ3v) is 4.07. The molecule has 6 heteroatoms. The maximum atomic E-state index is 5.17. The molecule has 0 radical (unpaired) electrons. The lowest BCUT2D eigenvalue weighted by Gasteiger charge is -2.26. The largest absolute Gasteiger partial charge is 0.497 e. The Bertz CT molecular complexity index is 611. The van der Waals surface area contributed by atoms with Gasteiger partial charge in [0.2, 0.25) is 5.95 Å². The number of anilines is 2. The number of ether oxygens (including phenoxy) is 1. The number of nitrogens with one attached hydrogen (secondary N) is 1. The molecule has 1 N–H and O–H groups in total. The Hall–Kier alpha value is -2.37. The van der Waals surface area contributed by atoms with Crippen LogP contribution < -0.4 is 15.0 Å². The van der Waals surface area contributed by atoms with Gasteiger partial charge < -0.3 is 15.0 Å². The molecule has 122 valence electrons. The molecule has 3 rings (SSSR count). The third-order valence-electron chi connectivity index (χ3n) is 4.07. The summed E-state index contributed by atoms with van der Waals surface area (Å²) < 4.78 is 5.17. The fourth-order valence-corrected chi connectivity index (χ4v) is 2.73. The van der Waals surface area contributed by atoms with Crippen molar-refractivity contribution in [2.24, 2.45) is 0 Å². The van der Waals surface area contributed by atoms with Crippen molar-refractivity contribution >= 4 is 11.8 Å². The standard InChI is InChI=1S/C17H23N5O/c1-23-15-7-5-14(6-8-15)9-10-18-16-13-19-21-17(20-16)22-11-3-2-4-12-22/h5-8,13H,2-4,9-12H2,1H3,(H,18,20,21). The van der Waals surface area contributed by atoms with Crippen LogP contribution in [0, 0.1) is 0 Å². The van der Waals surface area contributed by atoms with Crippen molar-refractivity contribution < 1.29 is 4.74 Å². The SMILES string of the molecule is COc1ccc(CCNc2cnnc(N3CCCCC3)n2)cc1. The molecule has 0 spiro atoms. The van der Waals surface area contributed by atoms with E-state index in [1.165, 1.54) is 24.8 Å². The second-order valence-corrected chi connectivity index (χ2v) is 5.71. The molecule has 1 aliphatic heterocycles. The smallest absolute Gasteiger partial charge is 0.247 e. The minimum atomic E-state index is 0.735. The second kappa shape index (κ2) is 7.76. The molecule has 0 atom stereocenters. The van der Waals surface area contributed by atoms with Crippen LogP contribution in [0.25, 0.3) is 0 Å². The van der Waals surface area contributed by atoms with Crippen molar-refractivity contribution in [1.29, 1.82) is 0 Å². The Balaban J connectivity index is 1.53. The van der Waals surface area contributed by atoms with E-state index in [0.29, 0.717) is 0 Å². The summed E-state index contributed by atoms with van der Waals surface area (Å²) in [7, 11) is 1.68. The van der Waals surface area contributed by atoms with E-state index >= 15 is 0 Å². The van der Waals surface area contributed by atoms with Crippen LogP contribution in [-0.2, 0) is 6.42 Å². The molecule has 1 saturated heterocycles. The molecule has 2 heterocycles. The van der Waals surface area contributed by atoms with Crippen LogP contribution in [0.1, 0.15) is 24.8 Å². The molecular weight excluding hydrogens is 290 g/mol. The second-order valence-electron chi connectivity index (χ2n) is 5.71. The molecule has 23 heavy (non-hydrogen) atoms. The highest BCUT2D eigenvalue weighted by atomic mass is 16.5. The van der Waals surface area contributed by atoms with Gasteiger partial charge in [0.05, 0.1) is 13.3 Å². The van der Waals surface area contributed by atoms with Gasteiger partial charge in [-0.3, -0.25) is 0 Å². The summed E-state index contributed by atoms with van der Waals surface area (Å²) in [4.78, 5) is 6.79. The maximum Gasteiger partial charge on any atom is 0.247 e. The van der Waals surface area contributed by atoms with Crippen molar-refractivity contribution in [2.75, 3.05) is 37.0 Å². The van der Waals surface area contributed by atoms with Gasteiger partial charge in [0.15, 0.2) is 5.82 Å². The zero-order valence-electron chi connectivity index (χ0n) is 13.5. The first kappa shape index (κ1) is 15.5. The number of hydrogen-bond donors (Lipinski definition) is 1. The first-order chi connectivity index (χ1) is 11.3. The van der Waals surface area contributed by atoms with E-state index in [0.717, 1.165) is 43.6 Å². The van der Waals surface area contributed by atoms with E-state index in [-0.39, 0.29) is 0 Å². The van der Waals surface area contributed by atoms with Crippen LogP contribution in [0.2, 0.25) is 0 Å². The quantitative estimate of drug-likeness (QED) is 0.884. The number of benzene rings is 1. The number of nitrogens with zero attached hydrogens (tertiary/aromatic N) is 4. The van der Waals surface area contributed by atoms with Gasteiger partial charge in [0, 0.05) is 19.6 Å². The molecular formula is C17H23N5O. The Kier molecular flexibility index (Phi) is 5.24. The predicted molar refractivity (Wildman–Crippen MR) is 91.1 cm³/mol. The molecule has 1 aromatic carbocycles. The topological polar surface area (TPSA) is 63.2 Å². The number of aromatic nitrogens is 3. The minimum absolute atomic E-state index is 0.735. The lowest BCUT2D eigenvalue weighted by atomic mass is 10.1. The molecule has 0 aliphatic carbocycles. The molecule has 0 saturated carbocycles. The molecule has 0 amide bonds. The average molecular weight is 313 g/mol. The Labute approximate surface area is 136 Å². The van der Waals surface area contributed by atoms with E-state index < -0.39 is 0 Å². The minimum Gasteiger partial charge on any atom is -0.497 e. The van der Waals surface area contributed by atoms with Gasteiger partial charge in [-0.2, -0.15) is 10.1 Å². The third kappa shape index (κ3) is 4.31. The maximum absolute atomic E-state index is 5.17. The Morgan fingerprint density at radius 3 is 2.65 bits per heavy atom. The summed E-state index contributed by atoms with van der Waals surface area (Å²) in [6.07, 6.45) is 6.31. The van der Waals surface area contributed by atoms with Gasteiger partial charge >= 0.3 is 0 Å². The fraction of sp³-hybridized carbons (Fsp3) is 0.471. The summed E-state index contributed by atoms with van der Waals surface area (Å²) in [5.74, 6) is 2.40. The van der Waals surface area contributed by atoms with Crippen molar-refractivity contribution in [3.63, 3.8) is 0 Å². The van der Waals surface area contributed by atoms with Crippen LogP contribution in [0.5, 0.6) is 5.75 Å². The number of rotatable bonds is 6. The van der Waals surface area contributed by atoms with Gasteiger partial charge in [-0.05, 0) is 43.4 Å². The summed E-state index contributed by atoms with van der Waals surface area (Å²) in [6.45, 7) is 2.86. The van der Waals surface area contributed by atoms with Crippen molar-refractivity contribution in [3.8, 4) is 5.75 Å². The van der Waals surface area contributed by atoms with Crippen LogP contribution in [0.3, 0.4) is 0 Å². The normalized spacial score (nSPS) is 14.6. The fourth-order valence-electron chi connectivity index (χ4n) is 2.73. The summed E-state index contributed by atoms with van der Waals surface area (Å²) >= 11 is 0. The predicted octanol–water partition coefficient (Wildman–Crippen LogP) is 2.53. The summed E-state index contributed by atoms with van der Waals surface area (Å²) in [5.41, 5.74) is 1.26. The highest BCUT2D eigenvalue weighted by molar-refractivity contribution is 5.39. The molecule has 6 nitrogen and oxygen atoms in total. The Morgan fingerprint density at radius 2 is 1.91 bits per heavy atom. The zero-order valence-corrected chi connectivity index (χ0v) is 13.5. The first-order valence-corrected chi connectivity index (χ1v) is 8.16. The molecule has 1 fully saturated rings. The van der Waals surface area contributed by atoms with E-state index in [9.17, 15) is 0 Å². The van der Waals surface area contributed by atoms with Crippen molar-refractivity contribution in [2.45, 2.75) is 25.7 Å². The molecule has 2 aromatic rings. The highest BCUT2D eigenvalue weighted by Crippen LogP contribution is 2.16. The van der Waals surface area contributed by atoms with Gasteiger partial charge in [0.25, 0.3) is 0 Å². The van der Waals surface area contributed by atoms with Crippen molar-refractivity contribution in [1.82, 2.24) is 15.2 Å². The summed E-state index contributed by atoms with van der Waals surface area (Å²) in [6, 6.07) is 8.13. The zero-order chi connectivity index (χ0) is 15.9. The van der Waals surface area contributed by atoms with E-state index in [2.05, 4.69) is 37.5 Å². The average Bonchev–Trinajstić information content (AvgIpc) is 2.63. The van der Waals surface area contributed by atoms with Crippen LogP contribution >= 0.6 is 0 Å². The van der Waals surface area contributed by atoms with E-state index in [1.807, 2.05) is 12.1 Å².